The zero-order valence-corrected chi connectivity index (χ0v) is 13.7. The van der Waals surface area contributed by atoms with Gasteiger partial charge in [-0.25, -0.2) is 0 Å². The molecule has 1 aliphatic heterocycles. The largest absolute Gasteiger partial charge is 0.396 e. The number of piperidine rings is 1. The molecular formula is C17H25ClN2O2. The number of carbonyl (C=O) groups is 1. The van der Waals surface area contributed by atoms with Gasteiger partial charge in [-0.05, 0) is 37.4 Å². The van der Waals surface area contributed by atoms with Crippen LogP contribution in [0.2, 0.25) is 5.02 Å². The molecule has 1 heterocycles. The highest BCUT2D eigenvalue weighted by molar-refractivity contribution is 6.31. The molecule has 1 saturated heterocycles. The number of carbonyl (C=O) groups excluding carboxylic acids is 1. The van der Waals surface area contributed by atoms with Crippen molar-refractivity contribution >= 4 is 17.5 Å². The highest BCUT2D eigenvalue weighted by Gasteiger charge is 2.22. The summed E-state index contributed by atoms with van der Waals surface area (Å²) in [5.74, 6) is 0.0493. The highest BCUT2D eigenvalue weighted by atomic mass is 35.5. The Balaban J connectivity index is 1.74. The van der Waals surface area contributed by atoms with Gasteiger partial charge < -0.3 is 10.4 Å². The van der Waals surface area contributed by atoms with Crippen LogP contribution in [0.5, 0.6) is 0 Å². The van der Waals surface area contributed by atoms with Gasteiger partial charge in [-0.3, -0.25) is 9.69 Å². The fourth-order valence-electron chi connectivity index (χ4n) is 3.00. The first-order valence-corrected chi connectivity index (χ1v) is 8.43. The van der Waals surface area contributed by atoms with Crippen molar-refractivity contribution in [2.24, 2.45) is 0 Å². The smallest absolute Gasteiger partial charge is 0.221 e. The van der Waals surface area contributed by atoms with E-state index < -0.39 is 0 Å². The van der Waals surface area contributed by atoms with E-state index in [1.54, 1.807) is 0 Å². The van der Waals surface area contributed by atoms with Crippen molar-refractivity contribution in [1.29, 1.82) is 0 Å². The lowest BCUT2D eigenvalue weighted by Crippen LogP contribution is -2.42. The predicted molar refractivity (Wildman–Crippen MR) is 88.8 cm³/mol. The van der Waals surface area contributed by atoms with E-state index in [0.717, 1.165) is 31.5 Å². The molecule has 2 rings (SSSR count). The number of halogens is 1. The molecule has 2 N–H and O–H groups in total. The Kier molecular flexibility index (Phi) is 7.16. The lowest BCUT2D eigenvalue weighted by atomic mass is 9.99. The van der Waals surface area contributed by atoms with Crippen molar-refractivity contribution in [3.8, 4) is 0 Å². The molecule has 0 bridgehead atoms. The second kappa shape index (κ2) is 9.13. The predicted octanol–water partition coefficient (Wildman–Crippen LogP) is 2.58. The summed E-state index contributed by atoms with van der Waals surface area (Å²) < 4.78 is 0. The molecule has 1 fully saturated rings. The summed E-state index contributed by atoms with van der Waals surface area (Å²) in [5, 5.41) is 12.7. The van der Waals surface area contributed by atoms with Gasteiger partial charge in [0.05, 0.1) is 0 Å². The minimum Gasteiger partial charge on any atom is -0.396 e. The normalized spacial score (nSPS) is 19.1. The molecule has 122 valence electrons. The molecule has 1 aromatic rings. The Morgan fingerprint density at radius 3 is 2.95 bits per heavy atom. The minimum atomic E-state index is 0.0493. The lowest BCUT2D eigenvalue weighted by Gasteiger charge is -2.35. The molecular weight excluding hydrogens is 300 g/mol. The Hall–Kier alpha value is -1.10. The molecule has 0 aliphatic carbocycles. The van der Waals surface area contributed by atoms with Crippen LogP contribution in [0.25, 0.3) is 0 Å². The SMILES string of the molecule is O=C(CCN1CCCCC1CCO)NCc1ccccc1Cl. The van der Waals surface area contributed by atoms with Gasteiger partial charge in [-0.15, -0.1) is 0 Å². The average molecular weight is 325 g/mol. The van der Waals surface area contributed by atoms with Crippen molar-refractivity contribution in [2.45, 2.75) is 44.7 Å². The third-order valence-corrected chi connectivity index (χ3v) is 4.64. The maximum Gasteiger partial charge on any atom is 0.221 e. The Morgan fingerprint density at radius 2 is 2.18 bits per heavy atom. The fourth-order valence-corrected chi connectivity index (χ4v) is 3.20. The maximum atomic E-state index is 12.0. The van der Waals surface area contributed by atoms with Crippen molar-refractivity contribution in [1.82, 2.24) is 10.2 Å². The number of likely N-dealkylation sites (tertiary alicyclic amines) is 1. The standard InChI is InChI=1S/C17H25ClN2O2/c18-16-7-2-1-5-14(16)13-19-17(22)8-11-20-10-4-3-6-15(20)9-12-21/h1-2,5,7,15,21H,3-4,6,8-13H2,(H,19,22). The fraction of sp³-hybridized carbons (Fsp3) is 0.588. The molecule has 1 amide bonds. The van der Waals surface area contributed by atoms with Crippen molar-refractivity contribution < 1.29 is 9.90 Å². The molecule has 0 aromatic heterocycles. The summed E-state index contributed by atoms with van der Waals surface area (Å²) in [4.78, 5) is 14.3. The van der Waals surface area contributed by atoms with E-state index in [-0.39, 0.29) is 12.5 Å². The van der Waals surface area contributed by atoms with Crippen LogP contribution in [0, 0.1) is 0 Å². The summed E-state index contributed by atoms with van der Waals surface area (Å²) in [5.41, 5.74) is 0.939. The van der Waals surface area contributed by atoms with Gasteiger partial charge in [-0.1, -0.05) is 36.2 Å². The first kappa shape index (κ1) is 17.3. The van der Waals surface area contributed by atoms with Crippen LogP contribution in [0.15, 0.2) is 24.3 Å². The maximum absolute atomic E-state index is 12.0. The van der Waals surface area contributed by atoms with Crippen LogP contribution >= 0.6 is 11.6 Å². The van der Waals surface area contributed by atoms with Crippen molar-refractivity contribution in [3.05, 3.63) is 34.9 Å². The van der Waals surface area contributed by atoms with Crippen molar-refractivity contribution in [3.63, 3.8) is 0 Å². The number of nitrogens with zero attached hydrogens (tertiary/aromatic N) is 1. The number of benzene rings is 1. The Bertz CT molecular complexity index is 479. The van der Waals surface area contributed by atoms with E-state index in [1.165, 1.54) is 12.8 Å². The second-order valence-corrected chi connectivity index (χ2v) is 6.22. The van der Waals surface area contributed by atoms with E-state index >= 15 is 0 Å². The molecule has 1 aliphatic rings. The molecule has 0 spiro atoms. The molecule has 1 aromatic carbocycles. The van der Waals surface area contributed by atoms with Gasteiger partial charge >= 0.3 is 0 Å². The second-order valence-electron chi connectivity index (χ2n) is 5.82. The summed E-state index contributed by atoms with van der Waals surface area (Å²) in [6, 6.07) is 7.97. The average Bonchev–Trinajstić information content (AvgIpc) is 2.53. The summed E-state index contributed by atoms with van der Waals surface area (Å²) >= 11 is 6.08. The van der Waals surface area contributed by atoms with E-state index in [1.807, 2.05) is 24.3 Å². The summed E-state index contributed by atoms with van der Waals surface area (Å²) in [6.45, 7) is 2.49. The highest BCUT2D eigenvalue weighted by Crippen LogP contribution is 2.19. The van der Waals surface area contributed by atoms with Crippen LogP contribution < -0.4 is 5.32 Å². The Labute approximate surface area is 137 Å². The van der Waals surface area contributed by atoms with Gasteiger partial charge in [0.2, 0.25) is 5.91 Å². The zero-order valence-electron chi connectivity index (χ0n) is 12.9. The van der Waals surface area contributed by atoms with E-state index in [4.69, 9.17) is 16.7 Å². The number of amides is 1. The number of hydrogen-bond donors (Lipinski definition) is 2. The van der Waals surface area contributed by atoms with Crippen LogP contribution in [-0.2, 0) is 11.3 Å². The minimum absolute atomic E-state index is 0.0493. The third-order valence-electron chi connectivity index (χ3n) is 4.27. The molecule has 1 unspecified atom stereocenters. The van der Waals surface area contributed by atoms with Crippen LogP contribution in [0.3, 0.4) is 0 Å². The number of hydrogen-bond acceptors (Lipinski definition) is 3. The summed E-state index contributed by atoms with van der Waals surface area (Å²) in [6.07, 6.45) is 4.83. The first-order valence-electron chi connectivity index (χ1n) is 8.05. The lowest BCUT2D eigenvalue weighted by molar-refractivity contribution is -0.121. The number of aliphatic hydroxyl groups is 1. The first-order chi connectivity index (χ1) is 10.7. The van der Waals surface area contributed by atoms with Gasteiger partial charge in [0.25, 0.3) is 0 Å². The molecule has 5 heteroatoms. The van der Waals surface area contributed by atoms with Gasteiger partial charge in [0, 0.05) is 37.2 Å². The molecule has 0 saturated carbocycles. The number of aliphatic hydroxyl groups excluding tert-OH is 1. The monoisotopic (exact) mass is 324 g/mol. The van der Waals surface area contributed by atoms with Gasteiger partial charge in [0.1, 0.15) is 0 Å². The topological polar surface area (TPSA) is 52.6 Å². The summed E-state index contributed by atoms with van der Waals surface area (Å²) in [7, 11) is 0. The molecule has 22 heavy (non-hydrogen) atoms. The van der Waals surface area contributed by atoms with Crippen LogP contribution in [0.1, 0.15) is 37.7 Å². The van der Waals surface area contributed by atoms with E-state index in [9.17, 15) is 4.79 Å². The zero-order chi connectivity index (χ0) is 15.8. The van der Waals surface area contributed by atoms with E-state index in [2.05, 4.69) is 10.2 Å². The molecule has 4 nitrogen and oxygen atoms in total. The van der Waals surface area contributed by atoms with Crippen molar-refractivity contribution in [2.75, 3.05) is 19.7 Å². The quantitative estimate of drug-likeness (QED) is 0.810. The number of nitrogens with one attached hydrogen (secondary N) is 1. The molecule has 1 atom stereocenters. The van der Waals surface area contributed by atoms with Gasteiger partial charge in [0.15, 0.2) is 0 Å². The van der Waals surface area contributed by atoms with Gasteiger partial charge in [-0.2, -0.15) is 0 Å². The molecule has 0 radical (unpaired) electrons. The Morgan fingerprint density at radius 1 is 1.36 bits per heavy atom. The number of rotatable bonds is 7. The third kappa shape index (κ3) is 5.27. The van der Waals surface area contributed by atoms with Crippen LogP contribution in [0.4, 0.5) is 0 Å². The van der Waals surface area contributed by atoms with E-state index in [0.29, 0.717) is 24.0 Å². The van der Waals surface area contributed by atoms with Crippen LogP contribution in [-0.4, -0.2) is 41.7 Å².